The lowest BCUT2D eigenvalue weighted by Crippen LogP contribution is -2.30. The van der Waals surface area contributed by atoms with Crippen molar-refractivity contribution in [3.63, 3.8) is 0 Å². The predicted octanol–water partition coefficient (Wildman–Crippen LogP) is 3.17. The molecule has 2 N–H and O–H groups in total. The molecule has 0 bridgehead atoms. The Kier molecular flexibility index (Phi) is 7.61. The molecule has 2 heterocycles. The summed E-state index contributed by atoms with van der Waals surface area (Å²) in [5, 5.41) is 11.6. The Hall–Kier alpha value is -3.80. The van der Waals surface area contributed by atoms with Crippen molar-refractivity contribution >= 4 is 45.9 Å². The molecule has 1 aliphatic rings. The van der Waals surface area contributed by atoms with Crippen LogP contribution in [0.15, 0.2) is 38.9 Å². The number of benzene rings is 1. The highest BCUT2D eigenvalue weighted by Crippen LogP contribution is 2.38. The molecule has 11 nitrogen and oxygen atoms in total. The molecule has 12 heteroatoms. The lowest BCUT2D eigenvalue weighted by molar-refractivity contribution is -0.144. The zero-order valence-electron chi connectivity index (χ0n) is 18.4. The van der Waals surface area contributed by atoms with E-state index in [9.17, 15) is 19.2 Å². The van der Waals surface area contributed by atoms with Crippen LogP contribution >= 0.6 is 15.9 Å². The van der Waals surface area contributed by atoms with Crippen molar-refractivity contribution < 1.29 is 42.9 Å². The fourth-order valence-corrected chi connectivity index (χ4v) is 3.54. The number of aliphatic carboxylic acids is 1. The number of carbonyl (C=O) groups excluding carboxylic acids is 3. The van der Waals surface area contributed by atoms with Crippen LogP contribution in [0.3, 0.4) is 0 Å². The molecule has 3 rings (SSSR count). The van der Waals surface area contributed by atoms with E-state index in [-0.39, 0.29) is 41.9 Å². The van der Waals surface area contributed by atoms with Gasteiger partial charge in [-0.15, -0.1) is 0 Å². The number of hydrogen-bond donors (Lipinski definition) is 2. The third kappa shape index (κ3) is 5.39. The van der Waals surface area contributed by atoms with E-state index in [4.69, 9.17) is 19.0 Å². The summed E-state index contributed by atoms with van der Waals surface area (Å²) in [7, 11) is 1.21. The molecule has 1 aromatic carbocycles. The number of nitrogens with one attached hydrogen (secondary N) is 1. The van der Waals surface area contributed by atoms with Crippen molar-refractivity contribution in [1.29, 1.82) is 0 Å². The summed E-state index contributed by atoms with van der Waals surface area (Å²) in [4.78, 5) is 48.8. The first kappa shape index (κ1) is 24.8. The Labute approximate surface area is 202 Å². The van der Waals surface area contributed by atoms with Gasteiger partial charge in [-0.25, -0.2) is 14.4 Å². The van der Waals surface area contributed by atoms with Crippen LogP contribution in [0.5, 0.6) is 11.5 Å². The highest BCUT2D eigenvalue weighted by Gasteiger charge is 2.34. The molecule has 0 aliphatic carbocycles. The van der Waals surface area contributed by atoms with Crippen LogP contribution in [-0.4, -0.2) is 53.7 Å². The van der Waals surface area contributed by atoms with Crippen molar-refractivity contribution in [3.8, 4) is 11.5 Å². The molecule has 1 aromatic heterocycles. The number of carbonyl (C=O) groups is 4. The molecule has 2 aromatic rings. The summed E-state index contributed by atoms with van der Waals surface area (Å²) >= 11 is 3.34. The van der Waals surface area contributed by atoms with Gasteiger partial charge in [0.1, 0.15) is 11.5 Å². The normalized spacial score (nSPS) is 15.3. The second kappa shape index (κ2) is 10.4. The number of carboxylic acid groups (broad SMARTS) is 1. The van der Waals surface area contributed by atoms with E-state index < -0.39 is 30.0 Å². The minimum absolute atomic E-state index is 0.00617. The molecular formula is C22H21BrN2O9. The monoisotopic (exact) mass is 536 g/mol. The first-order chi connectivity index (χ1) is 16.1. The van der Waals surface area contributed by atoms with Gasteiger partial charge in [0, 0.05) is 0 Å². The smallest absolute Gasteiger partial charge is 0.373 e. The number of rotatable bonds is 9. The summed E-state index contributed by atoms with van der Waals surface area (Å²) in [5.41, 5.74) is 0.494. The van der Waals surface area contributed by atoms with E-state index in [0.29, 0.717) is 10.0 Å². The third-order valence-electron chi connectivity index (χ3n) is 4.61. The minimum atomic E-state index is -1.14. The van der Waals surface area contributed by atoms with E-state index in [1.807, 2.05) is 0 Å². The number of esters is 1. The standard InChI is InChI=1S/C22H21BrN2O9/c1-4-32-17-9-12(7-14(23)18(17)33-11(2)20(27)28)8-15-19(26)25(22(30)24-15)10-13-5-6-16(34-13)21(29)31-3/h5-9,11H,4,10H2,1-3H3,(H,24,30)(H,27,28)/b15-8-/t11-/m1/s1. The molecule has 3 amide bonds. The number of urea groups is 1. The molecule has 0 radical (unpaired) electrons. The molecule has 0 unspecified atom stereocenters. The number of halogens is 1. The quantitative estimate of drug-likeness (QED) is 0.280. The van der Waals surface area contributed by atoms with E-state index in [0.717, 1.165) is 4.90 Å². The van der Waals surface area contributed by atoms with Gasteiger partial charge < -0.3 is 29.1 Å². The van der Waals surface area contributed by atoms with E-state index in [1.54, 1.807) is 19.1 Å². The van der Waals surface area contributed by atoms with Crippen LogP contribution in [0.2, 0.25) is 0 Å². The van der Waals surface area contributed by atoms with E-state index in [1.165, 1.54) is 32.2 Å². The lowest BCUT2D eigenvalue weighted by atomic mass is 10.1. The number of amides is 3. The van der Waals surface area contributed by atoms with Crippen molar-refractivity contribution in [2.75, 3.05) is 13.7 Å². The second-order valence-corrected chi connectivity index (χ2v) is 7.85. The largest absolute Gasteiger partial charge is 0.490 e. The topological polar surface area (TPSA) is 145 Å². The van der Waals surface area contributed by atoms with Gasteiger partial charge in [0.25, 0.3) is 5.91 Å². The second-order valence-electron chi connectivity index (χ2n) is 7.00. The first-order valence-electron chi connectivity index (χ1n) is 10.0. The van der Waals surface area contributed by atoms with Crippen LogP contribution in [-0.2, 0) is 20.9 Å². The van der Waals surface area contributed by atoms with Gasteiger partial charge >= 0.3 is 18.0 Å². The zero-order valence-corrected chi connectivity index (χ0v) is 20.0. The van der Waals surface area contributed by atoms with Gasteiger partial charge in [0.05, 0.1) is 24.7 Å². The summed E-state index contributed by atoms with van der Waals surface area (Å²) in [5.74, 6) is -1.79. The Balaban J connectivity index is 1.84. The lowest BCUT2D eigenvalue weighted by Gasteiger charge is -2.17. The number of methoxy groups -OCH3 is 1. The van der Waals surface area contributed by atoms with Crippen molar-refractivity contribution in [3.05, 3.63) is 51.5 Å². The van der Waals surface area contributed by atoms with Gasteiger partial charge in [-0.1, -0.05) is 0 Å². The number of hydrogen-bond acceptors (Lipinski definition) is 8. The van der Waals surface area contributed by atoms with Gasteiger partial charge in [-0.05, 0) is 65.7 Å². The average Bonchev–Trinajstić information content (AvgIpc) is 3.36. The minimum Gasteiger partial charge on any atom is -0.490 e. The molecule has 34 heavy (non-hydrogen) atoms. The Morgan fingerprint density at radius 1 is 1.29 bits per heavy atom. The van der Waals surface area contributed by atoms with Crippen LogP contribution < -0.4 is 14.8 Å². The Bertz CT molecular complexity index is 1170. The number of furan rings is 1. The SMILES string of the molecule is CCOc1cc(/C=C2\NC(=O)N(Cc3ccc(C(=O)OC)o3)C2=O)cc(Br)c1O[C@H](C)C(=O)O. The molecular weight excluding hydrogens is 516 g/mol. The summed E-state index contributed by atoms with van der Waals surface area (Å²) in [6.45, 7) is 3.23. The maximum atomic E-state index is 12.8. The summed E-state index contributed by atoms with van der Waals surface area (Å²) in [6, 6.07) is 5.35. The highest BCUT2D eigenvalue weighted by atomic mass is 79.9. The summed E-state index contributed by atoms with van der Waals surface area (Å²) in [6.07, 6.45) is 0.324. The van der Waals surface area contributed by atoms with Gasteiger partial charge in [0.15, 0.2) is 17.6 Å². The van der Waals surface area contributed by atoms with Crippen molar-refractivity contribution in [2.45, 2.75) is 26.5 Å². The highest BCUT2D eigenvalue weighted by molar-refractivity contribution is 9.10. The molecule has 1 atom stereocenters. The van der Waals surface area contributed by atoms with Crippen LogP contribution in [0.4, 0.5) is 4.79 Å². The molecule has 0 spiro atoms. The number of imide groups is 1. The fourth-order valence-electron chi connectivity index (χ4n) is 2.99. The van der Waals surface area contributed by atoms with Gasteiger partial charge in [0.2, 0.25) is 5.76 Å². The van der Waals surface area contributed by atoms with E-state index >= 15 is 0 Å². The van der Waals surface area contributed by atoms with Crippen molar-refractivity contribution in [1.82, 2.24) is 10.2 Å². The zero-order chi connectivity index (χ0) is 25.0. The average molecular weight is 537 g/mol. The van der Waals surface area contributed by atoms with Crippen LogP contribution in [0.25, 0.3) is 6.08 Å². The Morgan fingerprint density at radius 3 is 2.68 bits per heavy atom. The predicted molar refractivity (Wildman–Crippen MR) is 120 cm³/mol. The molecule has 1 fully saturated rings. The first-order valence-corrected chi connectivity index (χ1v) is 10.8. The molecule has 1 aliphatic heterocycles. The fraction of sp³-hybridized carbons (Fsp3) is 0.273. The maximum Gasteiger partial charge on any atom is 0.373 e. The maximum absolute atomic E-state index is 12.8. The number of nitrogens with zero attached hydrogens (tertiary/aromatic N) is 1. The number of ether oxygens (including phenoxy) is 3. The van der Waals surface area contributed by atoms with Gasteiger partial charge in [-0.3, -0.25) is 9.69 Å². The van der Waals surface area contributed by atoms with Crippen LogP contribution in [0, 0.1) is 0 Å². The number of carboxylic acids is 1. The third-order valence-corrected chi connectivity index (χ3v) is 5.20. The Morgan fingerprint density at radius 2 is 2.03 bits per heavy atom. The van der Waals surface area contributed by atoms with Crippen molar-refractivity contribution in [2.24, 2.45) is 0 Å². The van der Waals surface area contributed by atoms with E-state index in [2.05, 4.69) is 26.0 Å². The molecule has 0 saturated carbocycles. The summed E-state index contributed by atoms with van der Waals surface area (Å²) < 4.78 is 21.3. The van der Waals surface area contributed by atoms with Gasteiger partial charge in [-0.2, -0.15) is 0 Å². The van der Waals surface area contributed by atoms with Crippen LogP contribution in [0.1, 0.15) is 35.7 Å². The molecule has 180 valence electrons. The molecule has 1 saturated heterocycles.